The normalized spacial score (nSPS) is 10.0. The average Bonchev–Trinajstić information content (AvgIpc) is 2.49. The highest BCUT2D eigenvalue weighted by atomic mass is 32.1. The highest BCUT2D eigenvalue weighted by Gasteiger charge is 2.08. The molecule has 0 spiro atoms. The van der Waals surface area contributed by atoms with Gasteiger partial charge in [0.1, 0.15) is 0 Å². The number of aryl methyl sites for hydroxylation is 1. The number of rotatable bonds is 4. The van der Waals surface area contributed by atoms with Gasteiger partial charge >= 0.3 is 5.97 Å². The monoisotopic (exact) mass is 328 g/mol. The Hall–Kier alpha value is -2.73. The standard InChI is InChI=1S/C17H16N2O3S/c1-10-6-7-13(16(21)22)9-15(10)19-17(23)18-14-5-3-4-12(8-14)11(2)20/h3-9H,1-2H3,(H,21,22)(H2,18,19,23). The molecule has 0 fully saturated rings. The fourth-order valence-electron chi connectivity index (χ4n) is 1.99. The molecule has 0 radical (unpaired) electrons. The number of ketones is 1. The van der Waals surface area contributed by atoms with Crippen molar-refractivity contribution >= 4 is 40.5 Å². The number of carboxylic acid groups (broad SMARTS) is 1. The second-order valence-electron chi connectivity index (χ2n) is 5.05. The zero-order valence-electron chi connectivity index (χ0n) is 12.7. The van der Waals surface area contributed by atoms with Crippen LogP contribution in [0.15, 0.2) is 42.5 Å². The second kappa shape index (κ2) is 7.02. The summed E-state index contributed by atoms with van der Waals surface area (Å²) in [6.45, 7) is 3.35. The van der Waals surface area contributed by atoms with Gasteiger partial charge in [-0.15, -0.1) is 0 Å². The summed E-state index contributed by atoms with van der Waals surface area (Å²) >= 11 is 5.24. The largest absolute Gasteiger partial charge is 0.478 e. The van der Waals surface area contributed by atoms with Crippen LogP contribution in [0.4, 0.5) is 11.4 Å². The van der Waals surface area contributed by atoms with Crippen molar-refractivity contribution in [2.45, 2.75) is 13.8 Å². The molecule has 0 aliphatic rings. The number of anilines is 2. The third kappa shape index (κ3) is 4.37. The zero-order chi connectivity index (χ0) is 17.0. The van der Waals surface area contributed by atoms with Crippen LogP contribution in [-0.4, -0.2) is 22.0 Å². The van der Waals surface area contributed by atoms with Crippen LogP contribution in [0.2, 0.25) is 0 Å². The van der Waals surface area contributed by atoms with Crippen molar-refractivity contribution in [2.75, 3.05) is 10.6 Å². The summed E-state index contributed by atoms with van der Waals surface area (Å²) in [4.78, 5) is 22.4. The Kier molecular flexibility index (Phi) is 5.08. The smallest absolute Gasteiger partial charge is 0.335 e. The van der Waals surface area contributed by atoms with Gasteiger partial charge in [-0.05, 0) is 55.9 Å². The van der Waals surface area contributed by atoms with Gasteiger partial charge in [-0.1, -0.05) is 18.2 Å². The van der Waals surface area contributed by atoms with Crippen LogP contribution in [0, 0.1) is 6.92 Å². The van der Waals surface area contributed by atoms with Crippen molar-refractivity contribution in [3.8, 4) is 0 Å². The summed E-state index contributed by atoms with van der Waals surface area (Å²) in [7, 11) is 0. The Morgan fingerprint density at radius 1 is 1.04 bits per heavy atom. The van der Waals surface area contributed by atoms with Gasteiger partial charge < -0.3 is 15.7 Å². The van der Waals surface area contributed by atoms with Gasteiger partial charge in [-0.25, -0.2) is 4.79 Å². The van der Waals surface area contributed by atoms with Crippen LogP contribution in [0.3, 0.4) is 0 Å². The van der Waals surface area contributed by atoms with E-state index in [-0.39, 0.29) is 11.3 Å². The maximum atomic E-state index is 11.4. The van der Waals surface area contributed by atoms with Crippen LogP contribution in [0.5, 0.6) is 0 Å². The van der Waals surface area contributed by atoms with E-state index in [1.54, 1.807) is 30.3 Å². The average molecular weight is 328 g/mol. The van der Waals surface area contributed by atoms with Gasteiger partial charge in [0.25, 0.3) is 0 Å². The molecule has 0 unspecified atom stereocenters. The molecule has 0 aliphatic heterocycles. The number of aromatic carboxylic acids is 1. The highest BCUT2D eigenvalue weighted by molar-refractivity contribution is 7.80. The summed E-state index contributed by atoms with van der Waals surface area (Å²) in [6.07, 6.45) is 0. The lowest BCUT2D eigenvalue weighted by Crippen LogP contribution is -2.20. The van der Waals surface area contributed by atoms with Crippen molar-refractivity contribution in [1.29, 1.82) is 0 Å². The van der Waals surface area contributed by atoms with Gasteiger partial charge in [0.05, 0.1) is 5.56 Å². The number of hydrogen-bond donors (Lipinski definition) is 3. The van der Waals surface area contributed by atoms with Gasteiger partial charge in [-0.2, -0.15) is 0 Å². The maximum Gasteiger partial charge on any atom is 0.335 e. The lowest BCUT2D eigenvalue weighted by Gasteiger charge is -2.13. The molecule has 0 amide bonds. The van der Waals surface area contributed by atoms with Crippen LogP contribution in [0.25, 0.3) is 0 Å². The molecule has 0 saturated carbocycles. The zero-order valence-corrected chi connectivity index (χ0v) is 13.5. The lowest BCUT2D eigenvalue weighted by atomic mass is 10.1. The topological polar surface area (TPSA) is 78.4 Å². The number of nitrogens with one attached hydrogen (secondary N) is 2. The summed E-state index contributed by atoms with van der Waals surface area (Å²) in [5.41, 5.74) is 2.94. The minimum Gasteiger partial charge on any atom is -0.478 e. The van der Waals surface area contributed by atoms with Crippen molar-refractivity contribution in [3.05, 3.63) is 59.2 Å². The second-order valence-corrected chi connectivity index (χ2v) is 5.46. The molecule has 3 N–H and O–H groups in total. The van der Waals surface area contributed by atoms with Crippen LogP contribution in [0.1, 0.15) is 33.2 Å². The van der Waals surface area contributed by atoms with E-state index in [1.165, 1.54) is 19.1 Å². The molecule has 23 heavy (non-hydrogen) atoms. The molecule has 2 aromatic carbocycles. The van der Waals surface area contributed by atoms with E-state index >= 15 is 0 Å². The van der Waals surface area contributed by atoms with Gasteiger partial charge in [0.2, 0.25) is 0 Å². The van der Waals surface area contributed by atoms with Crippen molar-refractivity contribution < 1.29 is 14.7 Å². The first-order chi connectivity index (χ1) is 10.9. The summed E-state index contributed by atoms with van der Waals surface area (Å²) < 4.78 is 0. The summed E-state index contributed by atoms with van der Waals surface area (Å²) in [5.74, 6) is -1.03. The molecular weight excluding hydrogens is 312 g/mol. The molecule has 2 rings (SSSR count). The molecular formula is C17H16N2O3S. The van der Waals surface area contributed by atoms with Gasteiger partial charge in [0, 0.05) is 16.9 Å². The molecule has 5 nitrogen and oxygen atoms in total. The number of hydrogen-bond acceptors (Lipinski definition) is 3. The van der Waals surface area contributed by atoms with Crippen molar-refractivity contribution in [3.63, 3.8) is 0 Å². The molecule has 0 atom stereocenters. The third-order valence-corrected chi connectivity index (χ3v) is 3.46. The molecule has 0 heterocycles. The molecule has 0 aliphatic carbocycles. The van der Waals surface area contributed by atoms with Crippen LogP contribution >= 0.6 is 12.2 Å². The Balaban J connectivity index is 2.14. The van der Waals surface area contributed by atoms with E-state index in [0.717, 1.165) is 5.56 Å². The van der Waals surface area contributed by atoms with E-state index in [1.807, 2.05) is 6.92 Å². The predicted octanol–water partition coefficient (Wildman–Crippen LogP) is 3.70. The quantitative estimate of drug-likeness (QED) is 0.587. The number of thiocarbonyl (C=S) groups is 1. The van der Waals surface area contributed by atoms with E-state index in [0.29, 0.717) is 22.1 Å². The molecule has 6 heteroatoms. The number of carbonyl (C=O) groups is 2. The first-order valence-corrected chi connectivity index (χ1v) is 7.30. The molecule has 0 saturated heterocycles. The number of carboxylic acids is 1. The van der Waals surface area contributed by atoms with Gasteiger partial charge in [0.15, 0.2) is 10.9 Å². The SMILES string of the molecule is CC(=O)c1cccc(NC(=S)Nc2cc(C(=O)O)ccc2C)c1. The molecule has 0 bridgehead atoms. The number of Topliss-reactive ketones (excluding diaryl/α,β-unsaturated/α-hetero) is 1. The molecule has 0 aromatic heterocycles. The van der Waals surface area contributed by atoms with Gasteiger partial charge in [-0.3, -0.25) is 4.79 Å². The Morgan fingerprint density at radius 2 is 1.78 bits per heavy atom. The maximum absolute atomic E-state index is 11.4. The summed E-state index contributed by atoms with van der Waals surface area (Å²) in [6, 6.07) is 11.8. The van der Waals surface area contributed by atoms with Crippen LogP contribution < -0.4 is 10.6 Å². The number of carbonyl (C=O) groups excluding carboxylic acids is 1. The minimum absolute atomic E-state index is 0.0301. The van der Waals surface area contributed by atoms with Crippen LogP contribution in [-0.2, 0) is 0 Å². The molecule has 118 valence electrons. The van der Waals surface area contributed by atoms with Crippen molar-refractivity contribution in [2.24, 2.45) is 0 Å². The highest BCUT2D eigenvalue weighted by Crippen LogP contribution is 2.18. The Bertz CT molecular complexity index is 787. The Labute approximate surface area is 139 Å². The first kappa shape index (κ1) is 16.6. The fourth-order valence-corrected chi connectivity index (χ4v) is 2.22. The van der Waals surface area contributed by atoms with E-state index in [9.17, 15) is 9.59 Å². The molecule has 2 aromatic rings. The minimum atomic E-state index is -0.999. The predicted molar refractivity (Wildman–Crippen MR) is 94.4 cm³/mol. The van der Waals surface area contributed by atoms with E-state index < -0.39 is 5.97 Å². The van der Waals surface area contributed by atoms with E-state index in [4.69, 9.17) is 17.3 Å². The number of benzene rings is 2. The van der Waals surface area contributed by atoms with E-state index in [2.05, 4.69) is 10.6 Å². The summed E-state index contributed by atoms with van der Waals surface area (Å²) in [5, 5.41) is 15.3. The third-order valence-electron chi connectivity index (χ3n) is 3.26. The fraction of sp³-hybridized carbons (Fsp3) is 0.118. The lowest BCUT2D eigenvalue weighted by molar-refractivity contribution is 0.0696. The first-order valence-electron chi connectivity index (χ1n) is 6.90. The Morgan fingerprint density at radius 3 is 2.43 bits per heavy atom. The van der Waals surface area contributed by atoms with Crippen molar-refractivity contribution in [1.82, 2.24) is 0 Å².